The van der Waals surface area contributed by atoms with E-state index in [0.29, 0.717) is 13.2 Å². The number of fused-ring (bicyclic) bond motifs is 1. The maximum absolute atomic E-state index is 12.7. The predicted molar refractivity (Wildman–Crippen MR) is 90.4 cm³/mol. The topological polar surface area (TPSA) is 38.8 Å². The summed E-state index contributed by atoms with van der Waals surface area (Å²) >= 11 is 0. The lowest BCUT2D eigenvalue weighted by molar-refractivity contribution is -0.144. The van der Waals surface area contributed by atoms with E-state index in [1.54, 1.807) is 13.2 Å². The van der Waals surface area contributed by atoms with E-state index in [1.807, 2.05) is 36.1 Å². The molecule has 23 heavy (non-hydrogen) atoms. The maximum Gasteiger partial charge on any atom is 0.247 e. The Labute approximate surface area is 138 Å². The number of carbonyl (C=O) groups is 1. The van der Waals surface area contributed by atoms with Gasteiger partial charge in [-0.15, -0.1) is 0 Å². The molecule has 0 spiro atoms. The smallest absolute Gasteiger partial charge is 0.247 e. The first-order valence-electron chi connectivity index (χ1n) is 8.44. The Hall–Kier alpha value is -1.81. The number of ether oxygens (including phenoxy) is 2. The summed E-state index contributed by atoms with van der Waals surface area (Å²) in [6, 6.07) is 8.07. The lowest BCUT2D eigenvalue weighted by Crippen LogP contribution is -2.54. The average molecular weight is 315 g/mol. The van der Waals surface area contributed by atoms with Crippen molar-refractivity contribution in [3.05, 3.63) is 35.9 Å². The van der Waals surface area contributed by atoms with Gasteiger partial charge in [0.2, 0.25) is 5.91 Å². The number of benzene rings is 1. The third kappa shape index (κ3) is 3.58. The first-order chi connectivity index (χ1) is 11.2. The minimum Gasteiger partial charge on any atom is -0.497 e. The predicted octanol–water partition coefficient (Wildman–Crippen LogP) is 3.27. The molecule has 124 valence electrons. The van der Waals surface area contributed by atoms with Gasteiger partial charge in [0.1, 0.15) is 5.75 Å². The second-order valence-electron chi connectivity index (χ2n) is 6.35. The molecule has 0 bridgehead atoms. The van der Waals surface area contributed by atoms with Crippen molar-refractivity contribution in [2.75, 3.05) is 20.3 Å². The van der Waals surface area contributed by atoms with Crippen LogP contribution in [0.1, 0.15) is 38.2 Å². The number of hydrogen-bond acceptors (Lipinski definition) is 3. The highest BCUT2D eigenvalue weighted by molar-refractivity contribution is 5.95. The Morgan fingerprint density at radius 2 is 2.00 bits per heavy atom. The Kier molecular flexibility index (Phi) is 5.01. The van der Waals surface area contributed by atoms with Crippen molar-refractivity contribution >= 4 is 11.5 Å². The molecule has 0 aromatic heterocycles. The zero-order valence-corrected chi connectivity index (χ0v) is 14.0. The molecule has 4 heteroatoms. The van der Waals surface area contributed by atoms with Crippen LogP contribution in [-0.4, -0.2) is 43.2 Å². The van der Waals surface area contributed by atoms with Gasteiger partial charge in [0.15, 0.2) is 0 Å². The monoisotopic (exact) mass is 315 g/mol. The molecule has 1 heterocycles. The number of carbonyl (C=O) groups excluding carboxylic acids is 1. The van der Waals surface area contributed by atoms with Crippen molar-refractivity contribution in [1.29, 1.82) is 0 Å². The average Bonchev–Trinajstić information content (AvgIpc) is 2.61. The Morgan fingerprint density at radius 1 is 1.26 bits per heavy atom. The van der Waals surface area contributed by atoms with Crippen LogP contribution in [0.4, 0.5) is 0 Å². The number of rotatable bonds is 3. The SMILES string of the molecule is COc1ccc(/C(C)=C/C(=O)N2CCOC3CCCCC32)cc1. The van der Waals surface area contributed by atoms with Crippen LogP contribution in [0.15, 0.2) is 30.3 Å². The summed E-state index contributed by atoms with van der Waals surface area (Å²) in [7, 11) is 1.65. The molecule has 1 saturated heterocycles. The lowest BCUT2D eigenvalue weighted by atomic mass is 9.90. The number of morpholine rings is 1. The van der Waals surface area contributed by atoms with Gasteiger partial charge >= 0.3 is 0 Å². The Balaban J connectivity index is 1.73. The van der Waals surface area contributed by atoms with Crippen molar-refractivity contribution in [3.63, 3.8) is 0 Å². The van der Waals surface area contributed by atoms with E-state index in [9.17, 15) is 4.79 Å². The summed E-state index contributed by atoms with van der Waals surface area (Å²) < 4.78 is 11.0. The summed E-state index contributed by atoms with van der Waals surface area (Å²) in [4.78, 5) is 14.7. The summed E-state index contributed by atoms with van der Waals surface area (Å²) in [6.45, 7) is 3.34. The van der Waals surface area contributed by atoms with Gasteiger partial charge in [-0.05, 0) is 43.0 Å². The van der Waals surface area contributed by atoms with Crippen LogP contribution >= 0.6 is 0 Å². The standard InChI is InChI=1S/C19H25NO3/c1-14(15-7-9-16(22-2)10-8-15)13-19(21)20-11-12-23-18-6-4-3-5-17(18)20/h7-10,13,17-18H,3-6,11-12H2,1-2H3/b14-13+. The van der Waals surface area contributed by atoms with E-state index in [4.69, 9.17) is 9.47 Å². The van der Waals surface area contributed by atoms with E-state index in [1.165, 1.54) is 12.8 Å². The molecular weight excluding hydrogens is 290 g/mol. The molecule has 1 aromatic carbocycles. The van der Waals surface area contributed by atoms with Gasteiger partial charge in [0.25, 0.3) is 0 Å². The van der Waals surface area contributed by atoms with Gasteiger partial charge in [-0.1, -0.05) is 25.0 Å². The third-order valence-electron chi connectivity index (χ3n) is 4.90. The minimum absolute atomic E-state index is 0.110. The van der Waals surface area contributed by atoms with Crippen molar-refractivity contribution in [1.82, 2.24) is 4.90 Å². The summed E-state index contributed by atoms with van der Waals surface area (Å²) in [6.07, 6.45) is 6.54. The highest BCUT2D eigenvalue weighted by Gasteiger charge is 2.35. The molecule has 4 nitrogen and oxygen atoms in total. The van der Waals surface area contributed by atoms with Gasteiger partial charge < -0.3 is 14.4 Å². The van der Waals surface area contributed by atoms with Gasteiger partial charge in [-0.2, -0.15) is 0 Å². The van der Waals surface area contributed by atoms with Crippen LogP contribution in [0.2, 0.25) is 0 Å². The summed E-state index contributed by atoms with van der Waals surface area (Å²) in [5.74, 6) is 0.935. The van der Waals surface area contributed by atoms with Crippen LogP contribution < -0.4 is 4.74 Å². The number of hydrogen-bond donors (Lipinski definition) is 0. The molecule has 1 saturated carbocycles. The molecule has 1 amide bonds. The Morgan fingerprint density at radius 3 is 2.74 bits per heavy atom. The molecule has 2 fully saturated rings. The Bertz CT molecular complexity index is 577. The number of nitrogens with zero attached hydrogens (tertiary/aromatic N) is 1. The van der Waals surface area contributed by atoms with Crippen LogP contribution in [0.3, 0.4) is 0 Å². The van der Waals surface area contributed by atoms with Gasteiger partial charge in [-0.3, -0.25) is 4.79 Å². The van der Waals surface area contributed by atoms with E-state index in [0.717, 1.165) is 29.7 Å². The van der Waals surface area contributed by atoms with E-state index >= 15 is 0 Å². The number of allylic oxidation sites excluding steroid dienone is 1. The van der Waals surface area contributed by atoms with E-state index in [-0.39, 0.29) is 18.1 Å². The largest absolute Gasteiger partial charge is 0.497 e. The van der Waals surface area contributed by atoms with E-state index < -0.39 is 0 Å². The summed E-state index contributed by atoms with van der Waals surface area (Å²) in [5, 5.41) is 0. The molecule has 2 aliphatic rings. The second kappa shape index (κ2) is 7.18. The third-order valence-corrected chi connectivity index (χ3v) is 4.90. The van der Waals surface area contributed by atoms with Crippen molar-refractivity contribution < 1.29 is 14.3 Å². The van der Waals surface area contributed by atoms with Crippen molar-refractivity contribution in [2.24, 2.45) is 0 Å². The molecule has 3 rings (SSSR count). The normalized spacial score (nSPS) is 25.0. The zero-order chi connectivity index (χ0) is 16.2. The molecule has 1 aromatic rings. The van der Waals surface area contributed by atoms with E-state index in [2.05, 4.69) is 0 Å². The van der Waals surface area contributed by atoms with Crippen LogP contribution in [0, 0.1) is 0 Å². The molecule has 1 aliphatic carbocycles. The molecule has 0 radical (unpaired) electrons. The first kappa shape index (κ1) is 16.1. The maximum atomic E-state index is 12.7. The lowest BCUT2D eigenvalue weighted by Gasteiger charge is -2.43. The van der Waals surface area contributed by atoms with Gasteiger partial charge in [0, 0.05) is 12.6 Å². The van der Waals surface area contributed by atoms with Crippen LogP contribution in [0.5, 0.6) is 5.75 Å². The zero-order valence-electron chi connectivity index (χ0n) is 14.0. The first-order valence-corrected chi connectivity index (χ1v) is 8.44. The van der Waals surface area contributed by atoms with Gasteiger partial charge in [-0.25, -0.2) is 0 Å². The highest BCUT2D eigenvalue weighted by Crippen LogP contribution is 2.29. The van der Waals surface area contributed by atoms with Crippen LogP contribution in [-0.2, 0) is 9.53 Å². The highest BCUT2D eigenvalue weighted by atomic mass is 16.5. The fraction of sp³-hybridized carbons (Fsp3) is 0.526. The fourth-order valence-electron chi connectivity index (χ4n) is 3.58. The van der Waals surface area contributed by atoms with Gasteiger partial charge in [0.05, 0.1) is 25.9 Å². The number of methoxy groups -OCH3 is 1. The summed E-state index contributed by atoms with van der Waals surface area (Å²) in [5.41, 5.74) is 2.03. The number of amides is 1. The molecule has 1 aliphatic heterocycles. The second-order valence-corrected chi connectivity index (χ2v) is 6.35. The van der Waals surface area contributed by atoms with Crippen LogP contribution in [0.25, 0.3) is 5.57 Å². The molecule has 2 unspecified atom stereocenters. The minimum atomic E-state index is 0.110. The molecule has 0 N–H and O–H groups in total. The fourth-order valence-corrected chi connectivity index (χ4v) is 3.58. The molecule has 2 atom stereocenters. The quantitative estimate of drug-likeness (QED) is 0.804. The molecular formula is C19H25NO3. The van der Waals surface area contributed by atoms with Crippen molar-refractivity contribution in [2.45, 2.75) is 44.8 Å². The van der Waals surface area contributed by atoms with Crippen molar-refractivity contribution in [3.8, 4) is 5.75 Å².